The summed E-state index contributed by atoms with van der Waals surface area (Å²) in [6, 6.07) is 22.0. The maximum Gasteiger partial charge on any atom is 0.0380 e. The van der Waals surface area contributed by atoms with Gasteiger partial charge in [0.25, 0.3) is 0 Å². The van der Waals surface area contributed by atoms with E-state index in [-0.39, 0.29) is 0 Å². The third-order valence-corrected chi connectivity index (χ3v) is 5.38. The molecule has 2 atom stereocenters. The van der Waals surface area contributed by atoms with Gasteiger partial charge in [0.15, 0.2) is 0 Å². The molecule has 104 valence electrons. The molecule has 20 heavy (non-hydrogen) atoms. The van der Waals surface area contributed by atoms with Crippen molar-refractivity contribution in [2.75, 3.05) is 5.32 Å². The van der Waals surface area contributed by atoms with Gasteiger partial charge in [0.2, 0.25) is 0 Å². The maximum atomic E-state index is 3.71. The van der Waals surface area contributed by atoms with Gasteiger partial charge in [0, 0.05) is 22.7 Å². The zero-order valence-electron chi connectivity index (χ0n) is 11.7. The Kier molecular flexibility index (Phi) is 4.65. The first-order chi connectivity index (χ1) is 9.92. The predicted octanol–water partition coefficient (Wildman–Crippen LogP) is 4.95. The first-order valence-corrected chi connectivity index (χ1v) is 8.44. The fourth-order valence-corrected chi connectivity index (χ4v) is 4.19. The second kappa shape index (κ2) is 6.85. The minimum atomic E-state index is 0.617. The Morgan fingerprint density at radius 2 is 1.60 bits per heavy atom. The molecule has 0 spiro atoms. The average molecular weight is 283 g/mol. The SMILES string of the molecule is c1ccc(CS[C@@H]2CCC[C@H]2Nc2ccccc2)cc1. The summed E-state index contributed by atoms with van der Waals surface area (Å²) in [6.45, 7) is 0. The smallest absolute Gasteiger partial charge is 0.0380 e. The first kappa shape index (κ1) is 13.6. The van der Waals surface area contributed by atoms with Crippen molar-refractivity contribution in [2.45, 2.75) is 36.3 Å². The number of rotatable bonds is 5. The van der Waals surface area contributed by atoms with Crippen molar-refractivity contribution in [3.63, 3.8) is 0 Å². The van der Waals surface area contributed by atoms with E-state index in [1.807, 2.05) is 0 Å². The van der Waals surface area contributed by atoms with Crippen molar-refractivity contribution in [3.8, 4) is 0 Å². The minimum Gasteiger partial charge on any atom is -0.381 e. The summed E-state index contributed by atoms with van der Waals surface area (Å²) in [5.74, 6) is 1.12. The van der Waals surface area contributed by atoms with Gasteiger partial charge in [0.05, 0.1) is 0 Å². The molecule has 0 aliphatic heterocycles. The van der Waals surface area contributed by atoms with Crippen molar-refractivity contribution < 1.29 is 0 Å². The largest absolute Gasteiger partial charge is 0.381 e. The van der Waals surface area contributed by atoms with Crippen molar-refractivity contribution in [2.24, 2.45) is 0 Å². The highest BCUT2D eigenvalue weighted by atomic mass is 32.2. The third kappa shape index (κ3) is 3.57. The van der Waals surface area contributed by atoms with Crippen LogP contribution in [0.1, 0.15) is 24.8 Å². The van der Waals surface area contributed by atoms with Crippen LogP contribution in [0.2, 0.25) is 0 Å². The zero-order valence-corrected chi connectivity index (χ0v) is 12.5. The molecule has 0 bridgehead atoms. The fourth-order valence-electron chi connectivity index (χ4n) is 2.82. The second-order valence-corrected chi connectivity index (χ2v) is 6.61. The van der Waals surface area contributed by atoms with Crippen molar-refractivity contribution >= 4 is 17.4 Å². The molecule has 1 N–H and O–H groups in total. The Hall–Kier alpha value is -1.41. The quantitative estimate of drug-likeness (QED) is 0.833. The minimum absolute atomic E-state index is 0.617. The van der Waals surface area contributed by atoms with Crippen molar-refractivity contribution in [3.05, 3.63) is 66.2 Å². The molecule has 1 saturated carbocycles. The van der Waals surface area contributed by atoms with Crippen LogP contribution >= 0.6 is 11.8 Å². The summed E-state index contributed by atoms with van der Waals surface area (Å²) in [6.07, 6.45) is 3.97. The van der Waals surface area contributed by atoms with Crippen molar-refractivity contribution in [1.82, 2.24) is 0 Å². The molecule has 2 aromatic rings. The summed E-state index contributed by atoms with van der Waals surface area (Å²) in [5.41, 5.74) is 2.69. The maximum absolute atomic E-state index is 3.71. The van der Waals surface area contributed by atoms with Crippen LogP contribution in [-0.2, 0) is 5.75 Å². The van der Waals surface area contributed by atoms with E-state index in [0.717, 1.165) is 11.0 Å². The van der Waals surface area contributed by atoms with Crippen LogP contribution in [0.15, 0.2) is 60.7 Å². The Morgan fingerprint density at radius 1 is 0.900 bits per heavy atom. The monoisotopic (exact) mass is 283 g/mol. The van der Waals surface area contributed by atoms with Crippen molar-refractivity contribution in [1.29, 1.82) is 0 Å². The van der Waals surface area contributed by atoms with E-state index >= 15 is 0 Å². The first-order valence-electron chi connectivity index (χ1n) is 7.39. The highest BCUT2D eigenvalue weighted by Crippen LogP contribution is 2.33. The van der Waals surface area contributed by atoms with Gasteiger partial charge in [-0.3, -0.25) is 0 Å². The van der Waals surface area contributed by atoms with Gasteiger partial charge in [-0.1, -0.05) is 55.0 Å². The van der Waals surface area contributed by atoms with E-state index in [2.05, 4.69) is 77.7 Å². The number of thioether (sulfide) groups is 1. The number of benzene rings is 2. The van der Waals surface area contributed by atoms with Gasteiger partial charge < -0.3 is 5.32 Å². The van der Waals surface area contributed by atoms with Crippen LogP contribution in [0.5, 0.6) is 0 Å². The highest BCUT2D eigenvalue weighted by Gasteiger charge is 2.27. The van der Waals surface area contributed by atoms with Gasteiger partial charge in [-0.05, 0) is 30.5 Å². The highest BCUT2D eigenvalue weighted by molar-refractivity contribution is 7.99. The zero-order chi connectivity index (χ0) is 13.6. The standard InChI is InChI=1S/C18H21NS/c1-3-8-15(9-4-1)14-20-18-13-7-12-17(18)19-16-10-5-2-6-11-16/h1-6,8-11,17-19H,7,12-14H2/t17-,18-/m1/s1. The lowest BCUT2D eigenvalue weighted by molar-refractivity contribution is 0.767. The van der Waals surface area contributed by atoms with Gasteiger partial charge >= 0.3 is 0 Å². The van der Waals surface area contributed by atoms with Crippen LogP contribution in [0, 0.1) is 0 Å². The Labute approximate surface area is 125 Å². The molecule has 2 aromatic carbocycles. The molecule has 0 amide bonds. The number of hydrogen-bond donors (Lipinski definition) is 1. The molecule has 0 heterocycles. The lowest BCUT2D eigenvalue weighted by Gasteiger charge is -2.21. The molecule has 2 heteroatoms. The number of nitrogens with one attached hydrogen (secondary N) is 1. The van der Waals surface area contributed by atoms with Crippen LogP contribution in [-0.4, -0.2) is 11.3 Å². The summed E-state index contributed by atoms with van der Waals surface area (Å²) < 4.78 is 0. The molecule has 0 unspecified atom stereocenters. The van der Waals surface area contributed by atoms with E-state index in [4.69, 9.17) is 0 Å². The van der Waals surface area contributed by atoms with Gasteiger partial charge in [-0.25, -0.2) is 0 Å². The molecule has 0 aromatic heterocycles. The summed E-state index contributed by atoms with van der Waals surface area (Å²) >= 11 is 2.10. The molecule has 0 radical (unpaired) electrons. The molecule has 1 nitrogen and oxygen atoms in total. The molecular formula is C18H21NS. The van der Waals surface area contributed by atoms with E-state index in [1.165, 1.54) is 30.5 Å². The number of para-hydroxylation sites is 1. The molecule has 1 aliphatic carbocycles. The lowest BCUT2D eigenvalue weighted by atomic mass is 10.2. The fraction of sp³-hybridized carbons (Fsp3) is 0.333. The summed E-state index contributed by atoms with van der Waals surface area (Å²) in [5, 5.41) is 4.44. The number of anilines is 1. The lowest BCUT2D eigenvalue weighted by Crippen LogP contribution is -2.26. The Balaban J connectivity index is 1.56. The molecule has 3 rings (SSSR count). The normalized spacial score (nSPS) is 21.8. The van der Waals surface area contributed by atoms with Gasteiger partial charge in [0.1, 0.15) is 0 Å². The number of hydrogen-bond acceptors (Lipinski definition) is 2. The molecule has 0 saturated heterocycles. The van der Waals surface area contributed by atoms with E-state index in [0.29, 0.717) is 6.04 Å². The molecule has 1 fully saturated rings. The molecular weight excluding hydrogens is 262 g/mol. The second-order valence-electron chi connectivity index (χ2n) is 5.38. The Bertz CT molecular complexity index is 511. The van der Waals surface area contributed by atoms with E-state index in [1.54, 1.807) is 0 Å². The van der Waals surface area contributed by atoms with E-state index in [9.17, 15) is 0 Å². The summed E-state index contributed by atoms with van der Waals surface area (Å²) in [4.78, 5) is 0. The van der Waals surface area contributed by atoms with Crippen LogP contribution in [0.4, 0.5) is 5.69 Å². The summed E-state index contributed by atoms with van der Waals surface area (Å²) in [7, 11) is 0. The molecule has 1 aliphatic rings. The predicted molar refractivity (Wildman–Crippen MR) is 89.2 cm³/mol. The van der Waals surface area contributed by atoms with Crippen LogP contribution in [0.3, 0.4) is 0 Å². The third-order valence-electron chi connectivity index (χ3n) is 3.89. The Morgan fingerprint density at radius 3 is 2.35 bits per heavy atom. The van der Waals surface area contributed by atoms with E-state index < -0.39 is 0 Å². The topological polar surface area (TPSA) is 12.0 Å². The van der Waals surface area contributed by atoms with Gasteiger partial charge in [-0.15, -0.1) is 0 Å². The van der Waals surface area contributed by atoms with Crippen LogP contribution in [0.25, 0.3) is 0 Å². The van der Waals surface area contributed by atoms with Crippen LogP contribution < -0.4 is 5.32 Å². The van der Waals surface area contributed by atoms with Gasteiger partial charge in [-0.2, -0.15) is 11.8 Å². The average Bonchev–Trinajstić information content (AvgIpc) is 2.94.